The Morgan fingerprint density at radius 2 is 2.00 bits per heavy atom. The van der Waals surface area contributed by atoms with Gasteiger partial charge in [-0.15, -0.1) is 0 Å². The Kier molecular flexibility index (Phi) is 6.83. The van der Waals surface area contributed by atoms with Crippen LogP contribution in [0.15, 0.2) is 16.6 Å². The number of ether oxygens (including phenoxy) is 1. The predicted octanol–water partition coefficient (Wildman–Crippen LogP) is 2.98. The molecular weight excluding hydrogens is 274 g/mol. The second-order valence-electron chi connectivity index (χ2n) is 6.10. The molecule has 116 valence electrons. The summed E-state index contributed by atoms with van der Waals surface area (Å²) in [4.78, 5) is 6.77. The highest BCUT2D eigenvalue weighted by Crippen LogP contribution is 2.20. The second kappa shape index (κ2) is 7.89. The molecule has 4 nitrogen and oxygen atoms in total. The lowest BCUT2D eigenvalue weighted by atomic mass is 10.1. The van der Waals surface area contributed by atoms with E-state index in [1.54, 1.807) is 0 Å². The Labute approximate surface area is 128 Å². The van der Waals surface area contributed by atoms with Crippen molar-refractivity contribution in [1.82, 2.24) is 10.2 Å². The molecule has 0 spiro atoms. The first kappa shape index (κ1) is 17.3. The van der Waals surface area contributed by atoms with Gasteiger partial charge in [0, 0.05) is 24.7 Å². The van der Waals surface area contributed by atoms with Crippen LogP contribution in [0.4, 0.5) is 0 Å². The van der Waals surface area contributed by atoms with Gasteiger partial charge in [0.1, 0.15) is 0 Å². The summed E-state index contributed by atoms with van der Waals surface area (Å²) in [7, 11) is 0. The smallest absolute Gasteiger partial charge is 0.194 e. The number of rotatable bonds is 4. The van der Waals surface area contributed by atoms with Gasteiger partial charge in [0.05, 0.1) is 18.2 Å². The van der Waals surface area contributed by atoms with Gasteiger partial charge in [-0.05, 0) is 40.5 Å². The van der Waals surface area contributed by atoms with Crippen LogP contribution in [0.25, 0.3) is 0 Å². The molecule has 0 radical (unpaired) electrons. The minimum Gasteiger partial charge on any atom is -0.372 e. The van der Waals surface area contributed by atoms with Gasteiger partial charge in [0.15, 0.2) is 5.96 Å². The molecule has 20 heavy (non-hydrogen) atoms. The van der Waals surface area contributed by atoms with Crippen molar-refractivity contribution in [3.8, 4) is 0 Å². The molecule has 0 atom stereocenters. The first-order chi connectivity index (χ1) is 9.31. The lowest BCUT2D eigenvalue weighted by molar-refractivity contribution is -0.0772. The van der Waals surface area contributed by atoms with Gasteiger partial charge in [-0.1, -0.05) is 18.2 Å². The maximum atomic E-state index is 6.04. The molecule has 1 heterocycles. The van der Waals surface area contributed by atoms with Crippen LogP contribution in [0.2, 0.25) is 0 Å². The Morgan fingerprint density at radius 3 is 2.45 bits per heavy atom. The Balaban J connectivity index is 2.52. The van der Waals surface area contributed by atoms with Gasteiger partial charge in [0.2, 0.25) is 0 Å². The third-order valence-electron chi connectivity index (χ3n) is 3.00. The monoisotopic (exact) mass is 301 g/mol. The third-order valence-corrected chi connectivity index (χ3v) is 3.12. The molecule has 5 heteroatoms. The zero-order valence-electron chi connectivity index (χ0n) is 13.2. The number of guanidine groups is 1. The van der Waals surface area contributed by atoms with Gasteiger partial charge in [0.25, 0.3) is 0 Å². The SMILES string of the molecule is C=C(Cl)CN=C(NCC)N1CCC(OC(C)(C)C)CC1. The molecule has 0 aromatic carbocycles. The molecular formula is C15H28ClN3O. The van der Waals surface area contributed by atoms with E-state index in [0.717, 1.165) is 38.4 Å². The summed E-state index contributed by atoms with van der Waals surface area (Å²) in [5.74, 6) is 0.920. The van der Waals surface area contributed by atoms with Crippen LogP contribution in [0.1, 0.15) is 40.5 Å². The van der Waals surface area contributed by atoms with E-state index in [1.807, 2.05) is 0 Å². The molecule has 0 amide bonds. The third kappa shape index (κ3) is 6.62. The molecule has 0 aliphatic carbocycles. The molecule has 0 aromatic heterocycles. The number of aliphatic imine (C=N–C) groups is 1. The number of hydrogen-bond donors (Lipinski definition) is 1. The molecule has 1 aliphatic rings. The standard InChI is InChI=1S/C15H28ClN3O/c1-6-17-14(18-11-12(2)16)19-9-7-13(8-10-19)20-15(3,4)5/h13H,2,6-11H2,1,3-5H3,(H,17,18). The highest BCUT2D eigenvalue weighted by atomic mass is 35.5. The van der Waals surface area contributed by atoms with E-state index < -0.39 is 0 Å². The molecule has 1 N–H and O–H groups in total. The predicted molar refractivity (Wildman–Crippen MR) is 86.4 cm³/mol. The van der Waals surface area contributed by atoms with Crippen LogP contribution >= 0.6 is 11.6 Å². The highest BCUT2D eigenvalue weighted by molar-refractivity contribution is 6.29. The number of hydrogen-bond acceptors (Lipinski definition) is 2. The number of likely N-dealkylation sites (tertiary alicyclic amines) is 1. The zero-order chi connectivity index (χ0) is 15.2. The van der Waals surface area contributed by atoms with Crippen LogP contribution in [-0.2, 0) is 4.74 Å². The molecule has 0 saturated carbocycles. The van der Waals surface area contributed by atoms with E-state index in [9.17, 15) is 0 Å². The van der Waals surface area contributed by atoms with Crippen LogP contribution in [0.5, 0.6) is 0 Å². The fourth-order valence-corrected chi connectivity index (χ4v) is 2.33. The van der Waals surface area contributed by atoms with Crippen molar-refractivity contribution in [3.63, 3.8) is 0 Å². The van der Waals surface area contributed by atoms with Crippen molar-refractivity contribution in [2.45, 2.75) is 52.2 Å². The fraction of sp³-hybridized carbons (Fsp3) is 0.800. The molecule has 1 saturated heterocycles. The minimum absolute atomic E-state index is 0.0677. The van der Waals surface area contributed by atoms with Crippen molar-refractivity contribution < 1.29 is 4.74 Å². The van der Waals surface area contributed by atoms with E-state index in [2.05, 4.69) is 49.5 Å². The summed E-state index contributed by atoms with van der Waals surface area (Å²) < 4.78 is 6.04. The summed E-state index contributed by atoms with van der Waals surface area (Å²) in [5, 5.41) is 3.87. The van der Waals surface area contributed by atoms with E-state index >= 15 is 0 Å². The zero-order valence-corrected chi connectivity index (χ0v) is 14.0. The van der Waals surface area contributed by atoms with E-state index in [0.29, 0.717) is 17.7 Å². The Morgan fingerprint density at radius 1 is 1.40 bits per heavy atom. The molecule has 1 rings (SSSR count). The average molecular weight is 302 g/mol. The summed E-state index contributed by atoms with van der Waals surface area (Å²) in [6.45, 7) is 15.3. The van der Waals surface area contributed by atoms with Gasteiger partial charge in [-0.3, -0.25) is 0 Å². The van der Waals surface area contributed by atoms with Crippen LogP contribution in [0, 0.1) is 0 Å². The van der Waals surface area contributed by atoms with E-state index in [4.69, 9.17) is 16.3 Å². The Hall–Kier alpha value is -0.740. The average Bonchev–Trinajstić information content (AvgIpc) is 2.33. The van der Waals surface area contributed by atoms with Gasteiger partial charge >= 0.3 is 0 Å². The summed E-state index contributed by atoms with van der Waals surface area (Å²) in [6, 6.07) is 0. The maximum Gasteiger partial charge on any atom is 0.194 e. The molecule has 0 unspecified atom stereocenters. The molecule has 1 aliphatic heterocycles. The summed E-state index contributed by atoms with van der Waals surface area (Å²) in [5.41, 5.74) is -0.0677. The van der Waals surface area contributed by atoms with Crippen molar-refractivity contribution in [1.29, 1.82) is 0 Å². The van der Waals surface area contributed by atoms with Crippen molar-refractivity contribution in [2.75, 3.05) is 26.2 Å². The minimum atomic E-state index is -0.0677. The summed E-state index contributed by atoms with van der Waals surface area (Å²) >= 11 is 5.79. The van der Waals surface area contributed by atoms with Crippen LogP contribution in [-0.4, -0.2) is 48.7 Å². The van der Waals surface area contributed by atoms with Crippen LogP contribution < -0.4 is 5.32 Å². The normalized spacial score (nSPS) is 18.2. The van der Waals surface area contributed by atoms with Crippen LogP contribution in [0.3, 0.4) is 0 Å². The lowest BCUT2D eigenvalue weighted by Gasteiger charge is -2.37. The number of nitrogens with zero attached hydrogens (tertiary/aromatic N) is 2. The van der Waals surface area contributed by atoms with Crippen molar-refractivity contribution in [2.24, 2.45) is 4.99 Å². The van der Waals surface area contributed by atoms with Gasteiger partial charge in [-0.2, -0.15) is 0 Å². The summed E-state index contributed by atoms with van der Waals surface area (Å²) in [6.07, 6.45) is 2.41. The topological polar surface area (TPSA) is 36.9 Å². The largest absolute Gasteiger partial charge is 0.372 e. The first-order valence-corrected chi connectivity index (χ1v) is 7.74. The number of piperidine rings is 1. The highest BCUT2D eigenvalue weighted by Gasteiger charge is 2.25. The lowest BCUT2D eigenvalue weighted by Crippen LogP contribution is -2.48. The van der Waals surface area contributed by atoms with E-state index in [-0.39, 0.29) is 5.60 Å². The maximum absolute atomic E-state index is 6.04. The molecule has 0 aromatic rings. The van der Waals surface area contributed by atoms with Crippen molar-refractivity contribution in [3.05, 3.63) is 11.6 Å². The van der Waals surface area contributed by atoms with Gasteiger partial charge in [-0.25, -0.2) is 4.99 Å². The first-order valence-electron chi connectivity index (χ1n) is 7.36. The fourth-order valence-electron chi connectivity index (χ4n) is 2.27. The van der Waals surface area contributed by atoms with Crippen molar-refractivity contribution >= 4 is 17.6 Å². The van der Waals surface area contributed by atoms with E-state index in [1.165, 1.54) is 0 Å². The number of nitrogens with one attached hydrogen (secondary N) is 1. The quantitative estimate of drug-likeness (QED) is 0.641. The van der Waals surface area contributed by atoms with Gasteiger partial charge < -0.3 is 15.0 Å². The molecule has 1 fully saturated rings. The second-order valence-corrected chi connectivity index (χ2v) is 6.64. The molecule has 0 bridgehead atoms. The number of halogens is 1. The Bertz CT molecular complexity index is 342.